The number of alkyl halides is 2. The Morgan fingerprint density at radius 3 is 2.54 bits per heavy atom. The Bertz CT molecular complexity index is 302. The summed E-state index contributed by atoms with van der Waals surface area (Å²) in [6, 6.07) is 4.65. The van der Waals surface area contributed by atoms with Crippen LogP contribution in [0.15, 0.2) is 18.2 Å². The van der Waals surface area contributed by atoms with Crippen LogP contribution in [0.4, 0.5) is 8.78 Å². The van der Waals surface area contributed by atoms with E-state index in [0.29, 0.717) is 0 Å². The molecule has 1 nitrogen and oxygen atoms in total. The topological polar surface area (TPSA) is 20.2 Å². The molecule has 1 aromatic rings. The molecule has 1 N–H and O–H groups in total. The Kier molecular flexibility index (Phi) is 3.22. The van der Waals surface area contributed by atoms with E-state index in [1.54, 1.807) is 13.0 Å². The molecule has 1 atom stereocenters. The maximum absolute atomic E-state index is 12.1. The number of benzene rings is 1. The zero-order valence-electron chi connectivity index (χ0n) is 6.97. The van der Waals surface area contributed by atoms with Crippen molar-refractivity contribution in [1.82, 2.24) is 0 Å². The van der Waals surface area contributed by atoms with Gasteiger partial charge in [-0.3, -0.25) is 0 Å². The zero-order chi connectivity index (χ0) is 10.0. The molecule has 0 aliphatic heterocycles. The molecular formula is C9H9ClF2O. The molecule has 0 saturated heterocycles. The molecule has 0 aliphatic rings. The van der Waals surface area contributed by atoms with Gasteiger partial charge in [-0.15, -0.1) is 0 Å². The molecule has 0 saturated carbocycles. The third kappa shape index (κ3) is 2.39. The first-order valence-electron chi connectivity index (χ1n) is 3.74. The average molecular weight is 207 g/mol. The van der Waals surface area contributed by atoms with Gasteiger partial charge in [-0.05, 0) is 13.0 Å². The zero-order valence-corrected chi connectivity index (χ0v) is 7.72. The SMILES string of the molecule is Cc1ccc(Cl)c(C(O)C(F)F)c1. The normalized spacial score (nSPS) is 13.4. The lowest BCUT2D eigenvalue weighted by Crippen LogP contribution is -2.08. The van der Waals surface area contributed by atoms with Gasteiger partial charge < -0.3 is 5.11 Å². The molecule has 1 rings (SSSR count). The molecule has 0 fully saturated rings. The van der Waals surface area contributed by atoms with Crippen LogP contribution in [0.25, 0.3) is 0 Å². The lowest BCUT2D eigenvalue weighted by atomic mass is 10.1. The summed E-state index contributed by atoms with van der Waals surface area (Å²) in [7, 11) is 0. The second-order valence-corrected chi connectivity index (χ2v) is 3.21. The van der Waals surface area contributed by atoms with E-state index in [1.165, 1.54) is 12.1 Å². The largest absolute Gasteiger partial charge is 0.382 e. The van der Waals surface area contributed by atoms with Crippen LogP contribution in [0, 0.1) is 6.92 Å². The summed E-state index contributed by atoms with van der Waals surface area (Å²) in [5.41, 5.74) is 0.871. The molecule has 72 valence electrons. The highest BCUT2D eigenvalue weighted by Crippen LogP contribution is 2.27. The first kappa shape index (κ1) is 10.4. The van der Waals surface area contributed by atoms with Gasteiger partial charge in [-0.1, -0.05) is 29.3 Å². The number of aryl methyl sites for hydroxylation is 1. The van der Waals surface area contributed by atoms with Crippen molar-refractivity contribution in [1.29, 1.82) is 0 Å². The van der Waals surface area contributed by atoms with Crippen LogP contribution in [0.3, 0.4) is 0 Å². The van der Waals surface area contributed by atoms with Gasteiger partial charge in [0.1, 0.15) is 6.10 Å². The van der Waals surface area contributed by atoms with Gasteiger partial charge in [-0.2, -0.15) is 0 Å². The van der Waals surface area contributed by atoms with Gasteiger partial charge in [0, 0.05) is 10.6 Å². The van der Waals surface area contributed by atoms with E-state index in [-0.39, 0.29) is 10.6 Å². The lowest BCUT2D eigenvalue weighted by Gasteiger charge is -2.11. The first-order chi connectivity index (χ1) is 6.02. The fourth-order valence-corrected chi connectivity index (χ4v) is 1.25. The van der Waals surface area contributed by atoms with Gasteiger partial charge in [0.25, 0.3) is 6.43 Å². The monoisotopic (exact) mass is 206 g/mol. The number of hydrogen-bond acceptors (Lipinski definition) is 1. The maximum atomic E-state index is 12.1. The summed E-state index contributed by atoms with van der Waals surface area (Å²) in [5.74, 6) is 0. The fraction of sp³-hybridized carbons (Fsp3) is 0.333. The summed E-state index contributed by atoms with van der Waals surface area (Å²) in [6.07, 6.45) is -4.60. The van der Waals surface area contributed by atoms with Crippen molar-refractivity contribution in [2.75, 3.05) is 0 Å². The standard InChI is InChI=1S/C9H9ClF2O/c1-5-2-3-7(10)6(4-5)8(13)9(11)12/h2-4,8-9,13H,1H3. The van der Waals surface area contributed by atoms with E-state index in [1.807, 2.05) is 0 Å². The molecule has 4 heteroatoms. The van der Waals surface area contributed by atoms with Crippen molar-refractivity contribution >= 4 is 11.6 Å². The molecule has 13 heavy (non-hydrogen) atoms. The van der Waals surface area contributed by atoms with Crippen molar-refractivity contribution in [2.45, 2.75) is 19.5 Å². The highest BCUT2D eigenvalue weighted by atomic mass is 35.5. The fourth-order valence-electron chi connectivity index (χ4n) is 1.03. The second-order valence-electron chi connectivity index (χ2n) is 2.80. The molecule has 0 radical (unpaired) electrons. The molecule has 0 aromatic heterocycles. The molecule has 0 heterocycles. The van der Waals surface area contributed by atoms with Crippen LogP contribution in [0.5, 0.6) is 0 Å². The Morgan fingerprint density at radius 1 is 1.38 bits per heavy atom. The van der Waals surface area contributed by atoms with E-state index in [0.717, 1.165) is 5.56 Å². The Morgan fingerprint density at radius 2 is 2.00 bits per heavy atom. The summed E-state index contributed by atoms with van der Waals surface area (Å²) < 4.78 is 24.2. The van der Waals surface area contributed by atoms with E-state index < -0.39 is 12.5 Å². The summed E-state index contributed by atoms with van der Waals surface area (Å²) >= 11 is 5.64. The lowest BCUT2D eigenvalue weighted by molar-refractivity contribution is -0.00574. The van der Waals surface area contributed by atoms with Crippen molar-refractivity contribution < 1.29 is 13.9 Å². The minimum absolute atomic E-state index is 0.0802. The first-order valence-corrected chi connectivity index (χ1v) is 4.12. The van der Waals surface area contributed by atoms with Crippen LogP contribution in [0.2, 0.25) is 5.02 Å². The number of halogens is 3. The molecule has 0 aliphatic carbocycles. The van der Waals surface area contributed by atoms with Crippen LogP contribution in [-0.4, -0.2) is 11.5 Å². The van der Waals surface area contributed by atoms with Crippen molar-refractivity contribution in [3.05, 3.63) is 34.3 Å². The Balaban J connectivity index is 3.05. The van der Waals surface area contributed by atoms with Crippen molar-refractivity contribution in [3.63, 3.8) is 0 Å². The number of hydrogen-bond donors (Lipinski definition) is 1. The van der Waals surface area contributed by atoms with E-state index in [4.69, 9.17) is 16.7 Å². The molecule has 0 spiro atoms. The molecule has 0 amide bonds. The van der Waals surface area contributed by atoms with Crippen molar-refractivity contribution in [3.8, 4) is 0 Å². The summed E-state index contributed by atoms with van der Waals surface area (Å²) in [6.45, 7) is 1.75. The predicted molar refractivity (Wildman–Crippen MR) is 47.2 cm³/mol. The van der Waals surface area contributed by atoms with E-state index >= 15 is 0 Å². The van der Waals surface area contributed by atoms with Crippen LogP contribution in [-0.2, 0) is 0 Å². The van der Waals surface area contributed by atoms with Crippen LogP contribution in [0.1, 0.15) is 17.2 Å². The quantitative estimate of drug-likeness (QED) is 0.789. The number of aliphatic hydroxyl groups excluding tert-OH is 1. The predicted octanol–water partition coefficient (Wildman–Crippen LogP) is 2.95. The second kappa shape index (κ2) is 4.03. The Labute approximate surface area is 80.0 Å². The van der Waals surface area contributed by atoms with Gasteiger partial charge in [0.2, 0.25) is 0 Å². The average Bonchev–Trinajstić information content (AvgIpc) is 2.08. The van der Waals surface area contributed by atoms with E-state index in [2.05, 4.69) is 0 Å². The number of rotatable bonds is 2. The van der Waals surface area contributed by atoms with Crippen LogP contribution >= 0.6 is 11.6 Å². The molecular weight excluding hydrogens is 198 g/mol. The molecule has 1 aromatic carbocycles. The summed E-state index contributed by atoms with van der Waals surface area (Å²) in [4.78, 5) is 0. The number of aliphatic hydroxyl groups is 1. The van der Waals surface area contributed by atoms with E-state index in [9.17, 15) is 8.78 Å². The van der Waals surface area contributed by atoms with Crippen molar-refractivity contribution in [2.24, 2.45) is 0 Å². The summed E-state index contributed by atoms with van der Waals surface area (Å²) in [5, 5.41) is 9.23. The highest BCUT2D eigenvalue weighted by Gasteiger charge is 2.21. The highest BCUT2D eigenvalue weighted by molar-refractivity contribution is 6.31. The third-order valence-corrected chi connectivity index (χ3v) is 2.05. The minimum atomic E-state index is -2.81. The van der Waals surface area contributed by atoms with Gasteiger partial charge >= 0.3 is 0 Å². The van der Waals surface area contributed by atoms with Crippen LogP contribution < -0.4 is 0 Å². The molecule has 0 bridgehead atoms. The van der Waals surface area contributed by atoms with Gasteiger partial charge in [0.15, 0.2) is 0 Å². The Hall–Kier alpha value is -0.670. The molecule has 1 unspecified atom stereocenters. The smallest absolute Gasteiger partial charge is 0.268 e. The third-order valence-electron chi connectivity index (χ3n) is 1.71. The van der Waals surface area contributed by atoms with Gasteiger partial charge in [-0.25, -0.2) is 8.78 Å². The van der Waals surface area contributed by atoms with Gasteiger partial charge in [0.05, 0.1) is 0 Å². The maximum Gasteiger partial charge on any atom is 0.268 e. The minimum Gasteiger partial charge on any atom is -0.382 e.